The van der Waals surface area contributed by atoms with E-state index in [1.165, 1.54) is 25.7 Å². The van der Waals surface area contributed by atoms with Gasteiger partial charge in [-0.15, -0.1) is 0 Å². The van der Waals surface area contributed by atoms with Gasteiger partial charge < -0.3 is 10.6 Å². The van der Waals surface area contributed by atoms with Crippen LogP contribution in [0.3, 0.4) is 0 Å². The molecule has 1 atom stereocenters. The number of amides is 1. The lowest BCUT2D eigenvalue weighted by molar-refractivity contribution is -0.131. The molecule has 0 aromatic heterocycles. The Morgan fingerprint density at radius 1 is 1.35 bits per heavy atom. The van der Waals surface area contributed by atoms with Crippen molar-refractivity contribution in [2.45, 2.75) is 51.9 Å². The maximum absolute atomic E-state index is 12.2. The predicted octanol–water partition coefficient (Wildman–Crippen LogP) is 2.07. The second-order valence-corrected chi connectivity index (χ2v) is 6.02. The third-order valence-electron chi connectivity index (χ3n) is 4.51. The molecule has 0 spiro atoms. The lowest BCUT2D eigenvalue weighted by atomic mass is 9.75. The Morgan fingerprint density at radius 3 is 2.76 bits per heavy atom. The lowest BCUT2D eigenvalue weighted by Gasteiger charge is -2.32. The van der Waals surface area contributed by atoms with Gasteiger partial charge in [0.05, 0.1) is 0 Å². The van der Waals surface area contributed by atoms with Crippen molar-refractivity contribution in [3.63, 3.8) is 0 Å². The van der Waals surface area contributed by atoms with Crippen molar-refractivity contribution in [3.8, 4) is 0 Å². The lowest BCUT2D eigenvalue weighted by Crippen LogP contribution is -2.41. The van der Waals surface area contributed by atoms with Gasteiger partial charge in [0.2, 0.25) is 5.91 Å². The Kier molecular flexibility index (Phi) is 4.43. The Bertz CT molecular complexity index is 253. The molecule has 1 saturated heterocycles. The van der Waals surface area contributed by atoms with Crippen LogP contribution >= 0.6 is 0 Å². The summed E-state index contributed by atoms with van der Waals surface area (Å²) in [5.74, 6) is 1.07. The summed E-state index contributed by atoms with van der Waals surface area (Å²) < 4.78 is 0. The molecule has 1 heterocycles. The van der Waals surface area contributed by atoms with Crippen molar-refractivity contribution in [2.75, 3.05) is 19.6 Å². The molecule has 1 unspecified atom stereocenters. The van der Waals surface area contributed by atoms with E-state index >= 15 is 0 Å². The SMILES string of the molecule is CC1(C(=O)NCCC2CCNC2)CCCCC1. The molecule has 2 fully saturated rings. The summed E-state index contributed by atoms with van der Waals surface area (Å²) in [5, 5.41) is 6.52. The van der Waals surface area contributed by atoms with E-state index in [4.69, 9.17) is 0 Å². The van der Waals surface area contributed by atoms with Gasteiger partial charge in [0.1, 0.15) is 0 Å². The quantitative estimate of drug-likeness (QED) is 0.787. The van der Waals surface area contributed by atoms with E-state index in [-0.39, 0.29) is 5.41 Å². The van der Waals surface area contributed by atoms with Crippen LogP contribution in [0, 0.1) is 11.3 Å². The number of hydrogen-bond donors (Lipinski definition) is 2. The molecule has 2 N–H and O–H groups in total. The van der Waals surface area contributed by atoms with Gasteiger partial charge in [0.25, 0.3) is 0 Å². The van der Waals surface area contributed by atoms with Crippen LogP contribution in [0.2, 0.25) is 0 Å². The fraction of sp³-hybridized carbons (Fsp3) is 0.929. The molecular formula is C14H26N2O. The van der Waals surface area contributed by atoms with Gasteiger partial charge in [0.15, 0.2) is 0 Å². The highest BCUT2D eigenvalue weighted by Gasteiger charge is 2.34. The van der Waals surface area contributed by atoms with Crippen LogP contribution in [0.25, 0.3) is 0 Å². The highest BCUT2D eigenvalue weighted by Crippen LogP contribution is 2.35. The minimum Gasteiger partial charge on any atom is -0.356 e. The molecule has 1 amide bonds. The Balaban J connectivity index is 1.68. The molecule has 17 heavy (non-hydrogen) atoms. The van der Waals surface area contributed by atoms with Crippen LogP contribution < -0.4 is 10.6 Å². The van der Waals surface area contributed by atoms with Gasteiger partial charge in [-0.1, -0.05) is 26.2 Å². The van der Waals surface area contributed by atoms with Gasteiger partial charge in [-0.3, -0.25) is 4.79 Å². The molecule has 0 aromatic rings. The van der Waals surface area contributed by atoms with E-state index in [9.17, 15) is 4.79 Å². The average molecular weight is 238 g/mol. The maximum Gasteiger partial charge on any atom is 0.225 e. The van der Waals surface area contributed by atoms with Crippen molar-refractivity contribution < 1.29 is 4.79 Å². The normalized spacial score (nSPS) is 27.9. The third kappa shape index (κ3) is 3.44. The smallest absolute Gasteiger partial charge is 0.225 e. The van der Waals surface area contributed by atoms with E-state index in [0.717, 1.165) is 44.8 Å². The zero-order chi connectivity index (χ0) is 12.1. The zero-order valence-electron chi connectivity index (χ0n) is 11.1. The van der Waals surface area contributed by atoms with Gasteiger partial charge in [-0.2, -0.15) is 0 Å². The average Bonchev–Trinajstić information content (AvgIpc) is 2.83. The molecule has 3 heteroatoms. The van der Waals surface area contributed by atoms with Gasteiger partial charge in [0, 0.05) is 12.0 Å². The van der Waals surface area contributed by atoms with Crippen LogP contribution in [0.1, 0.15) is 51.9 Å². The van der Waals surface area contributed by atoms with Crippen LogP contribution in [0.5, 0.6) is 0 Å². The number of nitrogens with one attached hydrogen (secondary N) is 2. The minimum absolute atomic E-state index is 0.0772. The van der Waals surface area contributed by atoms with Gasteiger partial charge in [-0.05, 0) is 44.7 Å². The van der Waals surface area contributed by atoms with Gasteiger partial charge in [-0.25, -0.2) is 0 Å². The summed E-state index contributed by atoms with van der Waals surface area (Å²) >= 11 is 0. The number of hydrogen-bond acceptors (Lipinski definition) is 2. The Hall–Kier alpha value is -0.570. The number of rotatable bonds is 4. The topological polar surface area (TPSA) is 41.1 Å². The highest BCUT2D eigenvalue weighted by molar-refractivity contribution is 5.82. The first kappa shape index (κ1) is 12.9. The standard InChI is InChI=1S/C14H26N2O/c1-14(7-3-2-4-8-14)13(17)16-10-6-12-5-9-15-11-12/h12,15H,2-11H2,1H3,(H,16,17). The Labute approximate surface area is 105 Å². The summed E-state index contributed by atoms with van der Waals surface area (Å²) in [7, 11) is 0. The molecule has 1 aliphatic heterocycles. The maximum atomic E-state index is 12.2. The molecule has 0 aromatic carbocycles. The zero-order valence-corrected chi connectivity index (χ0v) is 11.1. The van der Waals surface area contributed by atoms with Crippen molar-refractivity contribution in [3.05, 3.63) is 0 Å². The molecule has 1 aliphatic carbocycles. The number of carbonyl (C=O) groups excluding carboxylic acids is 1. The molecular weight excluding hydrogens is 212 g/mol. The van der Waals surface area contributed by atoms with E-state index < -0.39 is 0 Å². The monoisotopic (exact) mass is 238 g/mol. The fourth-order valence-corrected chi connectivity index (χ4v) is 3.12. The largest absolute Gasteiger partial charge is 0.356 e. The highest BCUT2D eigenvalue weighted by atomic mass is 16.2. The van der Waals surface area contributed by atoms with E-state index in [0.29, 0.717) is 5.91 Å². The second kappa shape index (κ2) is 5.85. The first-order valence-electron chi connectivity index (χ1n) is 7.20. The molecule has 3 nitrogen and oxygen atoms in total. The van der Waals surface area contributed by atoms with Crippen LogP contribution in [0.4, 0.5) is 0 Å². The Morgan fingerprint density at radius 2 is 2.12 bits per heavy atom. The van der Waals surface area contributed by atoms with Crippen molar-refractivity contribution in [1.29, 1.82) is 0 Å². The predicted molar refractivity (Wildman–Crippen MR) is 69.8 cm³/mol. The molecule has 2 rings (SSSR count). The van der Waals surface area contributed by atoms with E-state index in [1.807, 2.05) is 0 Å². The van der Waals surface area contributed by atoms with Crippen LogP contribution in [-0.4, -0.2) is 25.5 Å². The summed E-state index contributed by atoms with van der Waals surface area (Å²) in [4.78, 5) is 12.2. The summed E-state index contributed by atoms with van der Waals surface area (Å²) in [5.41, 5.74) is -0.0772. The van der Waals surface area contributed by atoms with E-state index in [1.54, 1.807) is 0 Å². The number of carbonyl (C=O) groups is 1. The first-order chi connectivity index (χ1) is 8.21. The first-order valence-corrected chi connectivity index (χ1v) is 7.20. The summed E-state index contributed by atoms with van der Waals surface area (Å²) in [6.07, 6.45) is 8.29. The van der Waals surface area contributed by atoms with Crippen LogP contribution in [-0.2, 0) is 4.79 Å². The second-order valence-electron chi connectivity index (χ2n) is 6.02. The van der Waals surface area contributed by atoms with Gasteiger partial charge >= 0.3 is 0 Å². The van der Waals surface area contributed by atoms with E-state index in [2.05, 4.69) is 17.6 Å². The van der Waals surface area contributed by atoms with Crippen LogP contribution in [0.15, 0.2) is 0 Å². The molecule has 98 valence electrons. The molecule has 0 radical (unpaired) electrons. The van der Waals surface area contributed by atoms with Crippen molar-refractivity contribution >= 4 is 5.91 Å². The summed E-state index contributed by atoms with van der Waals surface area (Å²) in [6.45, 7) is 5.28. The summed E-state index contributed by atoms with van der Waals surface area (Å²) in [6, 6.07) is 0. The minimum atomic E-state index is -0.0772. The third-order valence-corrected chi connectivity index (χ3v) is 4.51. The molecule has 1 saturated carbocycles. The fourth-order valence-electron chi connectivity index (χ4n) is 3.12. The van der Waals surface area contributed by atoms with Crippen molar-refractivity contribution in [1.82, 2.24) is 10.6 Å². The van der Waals surface area contributed by atoms with Crippen molar-refractivity contribution in [2.24, 2.45) is 11.3 Å². The molecule has 0 bridgehead atoms. The molecule has 2 aliphatic rings.